The van der Waals surface area contributed by atoms with Gasteiger partial charge in [-0.25, -0.2) is 0 Å². The number of carbonyl (C=O) groups is 1. The molecule has 0 saturated heterocycles. The lowest BCUT2D eigenvalue weighted by molar-refractivity contribution is -0.124. The zero-order valence-corrected chi connectivity index (χ0v) is 15.1. The van der Waals surface area contributed by atoms with Crippen LogP contribution in [0.4, 0.5) is 0 Å². The van der Waals surface area contributed by atoms with E-state index in [2.05, 4.69) is 5.32 Å². The van der Waals surface area contributed by atoms with Crippen LogP contribution in [0.3, 0.4) is 0 Å². The van der Waals surface area contributed by atoms with Gasteiger partial charge < -0.3 is 14.8 Å². The van der Waals surface area contributed by atoms with Crippen molar-refractivity contribution in [3.8, 4) is 11.5 Å². The van der Waals surface area contributed by atoms with Crippen LogP contribution in [0.1, 0.15) is 25.3 Å². The summed E-state index contributed by atoms with van der Waals surface area (Å²) in [5.74, 6) is 1.39. The average molecular weight is 360 g/mol. The number of rotatable bonds is 5. The van der Waals surface area contributed by atoms with Crippen molar-refractivity contribution in [2.75, 3.05) is 13.2 Å². The number of ether oxygens (including phenoxy) is 2. The third kappa shape index (κ3) is 4.26. The molecular formula is C20H22ClNO3. The van der Waals surface area contributed by atoms with E-state index in [4.69, 9.17) is 21.1 Å². The van der Waals surface area contributed by atoms with Gasteiger partial charge in [0.1, 0.15) is 12.7 Å². The highest BCUT2D eigenvalue weighted by Gasteiger charge is 2.26. The zero-order chi connectivity index (χ0) is 17.8. The molecule has 1 amide bonds. The maximum absolute atomic E-state index is 12.7. The summed E-state index contributed by atoms with van der Waals surface area (Å²) in [7, 11) is 0. The first-order valence-electron chi connectivity index (χ1n) is 8.46. The number of nitrogens with one attached hydrogen (secondary N) is 1. The second-order valence-corrected chi connectivity index (χ2v) is 6.95. The molecule has 25 heavy (non-hydrogen) atoms. The Balaban J connectivity index is 1.62. The summed E-state index contributed by atoms with van der Waals surface area (Å²) in [6, 6.07) is 15.0. The number of halogens is 1. The molecule has 0 unspecified atom stereocenters. The molecule has 0 saturated carbocycles. The Morgan fingerprint density at radius 1 is 1.16 bits per heavy atom. The number of hydrogen-bond acceptors (Lipinski definition) is 3. The fourth-order valence-electron chi connectivity index (χ4n) is 3.00. The smallest absolute Gasteiger partial charge is 0.227 e. The molecule has 2 atom stereocenters. The van der Waals surface area contributed by atoms with E-state index in [-0.39, 0.29) is 23.8 Å². The lowest BCUT2D eigenvalue weighted by Crippen LogP contribution is -2.43. The lowest BCUT2D eigenvalue weighted by Gasteiger charge is -2.28. The standard InChI is InChI=1S/C20H22ClNO3/c1-13(2)19(14-7-9-15(21)10-8-14)20(23)22-11-16-12-24-17-5-3-4-6-18(17)25-16/h3-10,13,16,19H,11-12H2,1-2H3,(H,22,23)/t16-,19+/m1/s1. The van der Waals surface area contributed by atoms with Crippen molar-refractivity contribution in [2.45, 2.75) is 25.9 Å². The summed E-state index contributed by atoms with van der Waals surface area (Å²) >= 11 is 5.95. The molecule has 0 bridgehead atoms. The maximum atomic E-state index is 12.7. The summed E-state index contributed by atoms with van der Waals surface area (Å²) < 4.78 is 11.6. The molecular weight excluding hydrogens is 338 g/mol. The monoisotopic (exact) mass is 359 g/mol. The van der Waals surface area contributed by atoms with E-state index in [0.717, 1.165) is 11.3 Å². The van der Waals surface area contributed by atoms with E-state index in [1.54, 1.807) is 0 Å². The molecule has 1 aliphatic heterocycles. The van der Waals surface area contributed by atoms with Gasteiger partial charge in [0.25, 0.3) is 0 Å². The van der Waals surface area contributed by atoms with Crippen molar-refractivity contribution in [3.63, 3.8) is 0 Å². The minimum atomic E-state index is -0.228. The number of fused-ring (bicyclic) bond motifs is 1. The van der Waals surface area contributed by atoms with Crippen LogP contribution in [0.5, 0.6) is 11.5 Å². The van der Waals surface area contributed by atoms with Crippen LogP contribution in [0, 0.1) is 5.92 Å². The topological polar surface area (TPSA) is 47.6 Å². The van der Waals surface area contributed by atoms with Crippen LogP contribution in [-0.2, 0) is 4.79 Å². The summed E-state index contributed by atoms with van der Waals surface area (Å²) in [6.07, 6.45) is -0.197. The van der Waals surface area contributed by atoms with Crippen LogP contribution in [0.15, 0.2) is 48.5 Å². The highest BCUT2D eigenvalue weighted by molar-refractivity contribution is 6.30. The fraction of sp³-hybridized carbons (Fsp3) is 0.350. The third-order valence-electron chi connectivity index (χ3n) is 4.25. The van der Waals surface area contributed by atoms with Crippen molar-refractivity contribution in [2.24, 2.45) is 5.92 Å². The molecule has 1 N–H and O–H groups in total. The maximum Gasteiger partial charge on any atom is 0.227 e. The number of benzene rings is 2. The van der Waals surface area contributed by atoms with Gasteiger partial charge in [-0.3, -0.25) is 4.79 Å². The molecule has 1 heterocycles. The van der Waals surface area contributed by atoms with Gasteiger partial charge in [-0.15, -0.1) is 0 Å². The predicted molar refractivity (Wildman–Crippen MR) is 98.4 cm³/mol. The molecule has 0 aromatic heterocycles. The van der Waals surface area contributed by atoms with Gasteiger partial charge >= 0.3 is 0 Å². The van der Waals surface area contributed by atoms with Crippen LogP contribution in [0.25, 0.3) is 0 Å². The van der Waals surface area contributed by atoms with Crippen LogP contribution in [-0.4, -0.2) is 25.2 Å². The minimum absolute atomic E-state index is 0.0141. The third-order valence-corrected chi connectivity index (χ3v) is 4.50. The molecule has 0 radical (unpaired) electrons. The molecule has 4 nitrogen and oxygen atoms in total. The Labute approximate surface area is 153 Å². The molecule has 0 aliphatic carbocycles. The average Bonchev–Trinajstić information content (AvgIpc) is 2.61. The first kappa shape index (κ1) is 17.6. The number of para-hydroxylation sites is 2. The van der Waals surface area contributed by atoms with E-state index in [1.807, 2.05) is 62.4 Å². The van der Waals surface area contributed by atoms with E-state index < -0.39 is 0 Å². The minimum Gasteiger partial charge on any atom is -0.486 e. The number of carbonyl (C=O) groups excluding carboxylic acids is 1. The van der Waals surface area contributed by atoms with Crippen molar-refractivity contribution in [3.05, 3.63) is 59.1 Å². The normalized spacial score (nSPS) is 17.2. The molecule has 0 fully saturated rings. The summed E-state index contributed by atoms with van der Waals surface area (Å²) in [5, 5.41) is 3.67. The van der Waals surface area contributed by atoms with Crippen molar-refractivity contribution in [1.82, 2.24) is 5.32 Å². The summed E-state index contributed by atoms with van der Waals surface area (Å²) in [5.41, 5.74) is 0.961. The van der Waals surface area contributed by atoms with Crippen LogP contribution in [0.2, 0.25) is 5.02 Å². The Morgan fingerprint density at radius 3 is 2.52 bits per heavy atom. The van der Waals surface area contributed by atoms with E-state index in [9.17, 15) is 4.79 Å². The van der Waals surface area contributed by atoms with Crippen molar-refractivity contribution in [1.29, 1.82) is 0 Å². The van der Waals surface area contributed by atoms with Gasteiger partial charge in [-0.2, -0.15) is 0 Å². The van der Waals surface area contributed by atoms with Gasteiger partial charge in [0.2, 0.25) is 5.91 Å². The molecule has 5 heteroatoms. The van der Waals surface area contributed by atoms with Gasteiger partial charge in [0, 0.05) is 5.02 Å². The second kappa shape index (κ2) is 7.79. The van der Waals surface area contributed by atoms with E-state index in [1.165, 1.54) is 0 Å². The van der Waals surface area contributed by atoms with Gasteiger partial charge in [0.15, 0.2) is 11.5 Å². The Hall–Kier alpha value is -2.20. The Bertz CT molecular complexity index is 730. The second-order valence-electron chi connectivity index (χ2n) is 6.52. The number of amides is 1. The molecule has 2 aromatic rings. The quantitative estimate of drug-likeness (QED) is 0.876. The SMILES string of the molecule is CC(C)[C@H](C(=O)NC[C@@H]1COc2ccccc2O1)c1ccc(Cl)cc1. The Kier molecular flexibility index (Phi) is 5.49. The highest BCUT2D eigenvalue weighted by atomic mass is 35.5. The number of hydrogen-bond donors (Lipinski definition) is 1. The largest absolute Gasteiger partial charge is 0.486 e. The molecule has 3 rings (SSSR count). The first-order valence-corrected chi connectivity index (χ1v) is 8.84. The van der Waals surface area contributed by atoms with Gasteiger partial charge in [-0.1, -0.05) is 49.7 Å². The summed E-state index contributed by atoms with van der Waals surface area (Å²) in [4.78, 5) is 12.7. The Morgan fingerprint density at radius 2 is 1.84 bits per heavy atom. The van der Waals surface area contributed by atoms with Crippen LogP contribution < -0.4 is 14.8 Å². The first-order chi connectivity index (χ1) is 12.0. The van der Waals surface area contributed by atoms with Gasteiger partial charge in [0.05, 0.1) is 12.5 Å². The fourth-order valence-corrected chi connectivity index (χ4v) is 3.12. The highest BCUT2D eigenvalue weighted by Crippen LogP contribution is 2.31. The van der Waals surface area contributed by atoms with E-state index >= 15 is 0 Å². The summed E-state index contributed by atoms with van der Waals surface area (Å²) in [6.45, 7) is 4.90. The molecule has 132 valence electrons. The lowest BCUT2D eigenvalue weighted by atomic mass is 9.87. The molecule has 0 spiro atoms. The van der Waals surface area contributed by atoms with Crippen molar-refractivity contribution >= 4 is 17.5 Å². The predicted octanol–water partition coefficient (Wildman–Crippen LogP) is 4.04. The van der Waals surface area contributed by atoms with Crippen molar-refractivity contribution < 1.29 is 14.3 Å². The molecule has 2 aromatic carbocycles. The van der Waals surface area contributed by atoms with E-state index in [0.29, 0.717) is 23.9 Å². The van der Waals surface area contributed by atoms with Gasteiger partial charge in [-0.05, 0) is 35.7 Å². The molecule has 1 aliphatic rings. The zero-order valence-electron chi connectivity index (χ0n) is 14.4. The van der Waals surface area contributed by atoms with Crippen LogP contribution >= 0.6 is 11.6 Å².